The first-order chi connectivity index (χ1) is 10.5. The van der Waals surface area contributed by atoms with Crippen LogP contribution in [0.3, 0.4) is 0 Å². The number of rotatable bonds is 6. The number of nitrogens with zero attached hydrogens (tertiary/aromatic N) is 3. The molecule has 0 aliphatic carbocycles. The summed E-state index contributed by atoms with van der Waals surface area (Å²) in [7, 11) is 1.42. The van der Waals surface area contributed by atoms with Gasteiger partial charge in [0, 0.05) is 25.6 Å². The quantitative estimate of drug-likeness (QED) is 0.579. The van der Waals surface area contributed by atoms with Crippen LogP contribution in [0.15, 0.2) is 22.3 Å². The van der Waals surface area contributed by atoms with Crippen LogP contribution in [0.1, 0.15) is 13.3 Å². The summed E-state index contributed by atoms with van der Waals surface area (Å²) in [4.78, 5) is 9.87. The molecule has 7 heteroatoms. The summed E-state index contributed by atoms with van der Waals surface area (Å²) in [6.07, 6.45) is 7.22. The summed E-state index contributed by atoms with van der Waals surface area (Å²) in [6, 6.07) is 0. The van der Waals surface area contributed by atoms with Crippen molar-refractivity contribution in [1.82, 2.24) is 4.90 Å². The molecule has 1 aliphatic heterocycles. The summed E-state index contributed by atoms with van der Waals surface area (Å²) in [5.41, 5.74) is 0.735. The molecule has 122 valence electrons. The van der Waals surface area contributed by atoms with Gasteiger partial charge >= 0.3 is 0 Å². The van der Waals surface area contributed by atoms with Crippen LogP contribution in [0, 0.1) is 18.3 Å². The standard InChI is InChI=1S/C15H23N3O4/c1-4-12-5-7-18(10-16-9-17-11(12)2)15(22-3)14(21)13(20)6-8-19/h1,5,7,9,12-15,19-21H,6,8,10H2,2-3H3/b7-5-,16-9-,17-11-/t12?,13-,14-,15-/m1/s1. The molecule has 0 aromatic heterocycles. The zero-order valence-corrected chi connectivity index (χ0v) is 12.8. The van der Waals surface area contributed by atoms with Crippen molar-refractivity contribution in [3.8, 4) is 12.3 Å². The van der Waals surface area contributed by atoms with Crippen LogP contribution in [0.2, 0.25) is 0 Å². The molecule has 0 bridgehead atoms. The number of aliphatic hydroxyl groups excluding tert-OH is 3. The van der Waals surface area contributed by atoms with Gasteiger partial charge in [-0.1, -0.05) is 5.92 Å². The van der Waals surface area contributed by atoms with Crippen molar-refractivity contribution in [3.05, 3.63) is 12.3 Å². The van der Waals surface area contributed by atoms with E-state index in [2.05, 4.69) is 15.9 Å². The van der Waals surface area contributed by atoms with Crippen molar-refractivity contribution in [2.45, 2.75) is 31.8 Å². The van der Waals surface area contributed by atoms with Crippen LogP contribution in [-0.4, -0.2) is 71.1 Å². The second-order valence-electron chi connectivity index (χ2n) is 4.91. The monoisotopic (exact) mass is 309 g/mol. The van der Waals surface area contributed by atoms with E-state index in [0.717, 1.165) is 5.71 Å². The third-order valence-electron chi connectivity index (χ3n) is 3.37. The highest BCUT2D eigenvalue weighted by atomic mass is 16.5. The van der Waals surface area contributed by atoms with E-state index in [1.807, 2.05) is 6.92 Å². The molecule has 0 radical (unpaired) electrons. The second-order valence-corrected chi connectivity index (χ2v) is 4.91. The van der Waals surface area contributed by atoms with Crippen molar-refractivity contribution < 1.29 is 20.1 Å². The fraction of sp³-hybridized carbons (Fsp3) is 0.600. The topological polar surface area (TPSA) is 97.9 Å². The molecule has 0 fully saturated rings. The lowest BCUT2D eigenvalue weighted by Gasteiger charge is -2.33. The van der Waals surface area contributed by atoms with Crippen molar-refractivity contribution in [2.75, 3.05) is 20.4 Å². The molecular weight excluding hydrogens is 286 g/mol. The van der Waals surface area contributed by atoms with E-state index >= 15 is 0 Å². The Morgan fingerprint density at radius 3 is 2.86 bits per heavy atom. The maximum absolute atomic E-state index is 10.2. The molecule has 22 heavy (non-hydrogen) atoms. The summed E-state index contributed by atoms with van der Waals surface area (Å²) >= 11 is 0. The van der Waals surface area contributed by atoms with Gasteiger partial charge in [0.2, 0.25) is 0 Å². The van der Waals surface area contributed by atoms with E-state index in [-0.39, 0.29) is 25.6 Å². The highest BCUT2D eigenvalue weighted by Crippen LogP contribution is 2.14. The zero-order valence-electron chi connectivity index (χ0n) is 12.8. The van der Waals surface area contributed by atoms with E-state index in [0.29, 0.717) is 0 Å². The lowest BCUT2D eigenvalue weighted by molar-refractivity contribution is -0.131. The molecular formula is C15H23N3O4. The number of allylic oxidation sites excluding steroid dienone is 1. The Bertz CT molecular complexity index is 470. The molecule has 4 atom stereocenters. The van der Waals surface area contributed by atoms with Gasteiger partial charge < -0.3 is 25.0 Å². The van der Waals surface area contributed by atoms with Gasteiger partial charge in [0.05, 0.1) is 12.0 Å². The zero-order chi connectivity index (χ0) is 16.5. The highest BCUT2D eigenvalue weighted by molar-refractivity contribution is 5.93. The molecule has 3 N–H and O–H groups in total. The van der Waals surface area contributed by atoms with Crippen molar-refractivity contribution in [1.29, 1.82) is 0 Å². The largest absolute Gasteiger partial charge is 0.396 e. The first-order valence-corrected chi connectivity index (χ1v) is 6.97. The SMILES string of the molecule is C#CC1/C=C\N([C@H](OC)[C@H](O)[C@H](O)CCO)C/N=C\N=C/1C. The van der Waals surface area contributed by atoms with Crippen molar-refractivity contribution in [2.24, 2.45) is 15.9 Å². The summed E-state index contributed by atoms with van der Waals surface area (Å²) in [5, 5.41) is 28.9. The molecule has 1 rings (SSSR count). The minimum atomic E-state index is -1.20. The predicted molar refractivity (Wildman–Crippen MR) is 84.3 cm³/mol. The highest BCUT2D eigenvalue weighted by Gasteiger charge is 2.29. The third kappa shape index (κ3) is 4.93. The van der Waals surface area contributed by atoms with Crippen molar-refractivity contribution in [3.63, 3.8) is 0 Å². The van der Waals surface area contributed by atoms with E-state index in [4.69, 9.17) is 16.3 Å². The number of ether oxygens (including phenoxy) is 1. The number of aliphatic imine (C=N–C) groups is 2. The van der Waals surface area contributed by atoms with E-state index in [1.165, 1.54) is 13.4 Å². The van der Waals surface area contributed by atoms with Gasteiger partial charge in [-0.2, -0.15) is 0 Å². The molecule has 1 heterocycles. The number of hydrogen-bond donors (Lipinski definition) is 3. The Hall–Kier alpha value is -1.72. The summed E-state index contributed by atoms with van der Waals surface area (Å²) in [6.45, 7) is 1.77. The van der Waals surface area contributed by atoms with Gasteiger partial charge in [0.25, 0.3) is 0 Å². The molecule has 0 spiro atoms. The fourth-order valence-electron chi connectivity index (χ4n) is 2.03. The van der Waals surface area contributed by atoms with E-state index in [9.17, 15) is 10.2 Å². The van der Waals surface area contributed by atoms with E-state index < -0.39 is 18.4 Å². The van der Waals surface area contributed by atoms with Crippen LogP contribution >= 0.6 is 0 Å². The van der Waals surface area contributed by atoms with Crippen LogP contribution in [0.5, 0.6) is 0 Å². The minimum Gasteiger partial charge on any atom is -0.396 e. The van der Waals surface area contributed by atoms with Gasteiger partial charge in [0.1, 0.15) is 19.1 Å². The van der Waals surface area contributed by atoms with Gasteiger partial charge in [-0.15, -0.1) is 6.42 Å². The van der Waals surface area contributed by atoms with E-state index in [1.54, 1.807) is 17.2 Å². The number of hydrogen-bond acceptors (Lipinski definition) is 7. The lowest BCUT2D eigenvalue weighted by atomic mass is 10.1. The Labute approximate surface area is 130 Å². The molecule has 7 nitrogen and oxygen atoms in total. The fourth-order valence-corrected chi connectivity index (χ4v) is 2.03. The smallest absolute Gasteiger partial charge is 0.159 e. The Morgan fingerprint density at radius 1 is 1.55 bits per heavy atom. The Kier molecular flexibility index (Phi) is 7.77. The lowest BCUT2D eigenvalue weighted by Crippen LogP contribution is -2.48. The predicted octanol–water partition coefficient (Wildman–Crippen LogP) is -0.412. The average Bonchev–Trinajstić information content (AvgIpc) is 2.59. The molecule has 0 aromatic carbocycles. The van der Waals surface area contributed by atoms with Crippen LogP contribution in [0.4, 0.5) is 0 Å². The van der Waals surface area contributed by atoms with Crippen molar-refractivity contribution >= 4 is 12.1 Å². The average molecular weight is 309 g/mol. The maximum atomic E-state index is 10.2. The Morgan fingerprint density at radius 2 is 2.27 bits per heavy atom. The van der Waals surface area contributed by atoms with Gasteiger partial charge in [-0.25, -0.2) is 4.99 Å². The van der Waals surface area contributed by atoms with Crippen LogP contribution in [0.25, 0.3) is 0 Å². The molecule has 0 saturated heterocycles. The maximum Gasteiger partial charge on any atom is 0.159 e. The van der Waals surface area contributed by atoms with Crippen LogP contribution < -0.4 is 0 Å². The van der Waals surface area contributed by atoms with Crippen LogP contribution in [-0.2, 0) is 4.74 Å². The summed E-state index contributed by atoms with van der Waals surface area (Å²) < 4.78 is 5.27. The first kappa shape index (κ1) is 18.3. The number of terminal acetylenes is 1. The second kappa shape index (κ2) is 9.33. The first-order valence-electron chi connectivity index (χ1n) is 6.97. The third-order valence-corrected chi connectivity index (χ3v) is 3.37. The minimum absolute atomic E-state index is 0.0526. The Balaban J connectivity index is 2.94. The van der Waals surface area contributed by atoms with Gasteiger partial charge in [0.15, 0.2) is 6.23 Å². The number of aliphatic hydroxyl groups is 3. The normalized spacial score (nSPS) is 28.1. The van der Waals surface area contributed by atoms with Gasteiger partial charge in [-0.3, -0.25) is 4.99 Å². The van der Waals surface area contributed by atoms with Gasteiger partial charge in [-0.05, 0) is 19.4 Å². The molecule has 0 aromatic rings. The number of methoxy groups -OCH3 is 1. The molecule has 1 unspecified atom stereocenters. The molecule has 0 saturated carbocycles. The molecule has 1 aliphatic rings. The summed E-state index contributed by atoms with van der Waals surface area (Å²) in [5.74, 6) is 2.32. The molecule has 0 amide bonds.